The van der Waals surface area contributed by atoms with Gasteiger partial charge in [0.2, 0.25) is 10.0 Å². The number of hydrogen-bond donors (Lipinski definition) is 1. The van der Waals surface area contributed by atoms with Gasteiger partial charge in [-0.1, -0.05) is 39.0 Å². The van der Waals surface area contributed by atoms with E-state index >= 15 is 0 Å². The van der Waals surface area contributed by atoms with E-state index in [0.717, 1.165) is 6.42 Å². The Kier molecular flexibility index (Phi) is 8.42. The number of nitrogens with one attached hydrogen (secondary N) is 1. The van der Waals surface area contributed by atoms with Gasteiger partial charge >= 0.3 is 0 Å². The van der Waals surface area contributed by atoms with Gasteiger partial charge in [0.25, 0.3) is 0 Å². The van der Waals surface area contributed by atoms with Crippen molar-refractivity contribution in [2.45, 2.75) is 46.6 Å². The lowest BCUT2D eigenvalue weighted by Crippen LogP contribution is -2.29. The quantitative estimate of drug-likeness (QED) is 0.639. The largest absolute Gasteiger partial charge is 0.490 e. The van der Waals surface area contributed by atoms with Crippen LogP contribution < -0.4 is 9.46 Å². The van der Waals surface area contributed by atoms with Gasteiger partial charge in [0.15, 0.2) is 11.6 Å². The van der Waals surface area contributed by atoms with Crippen LogP contribution in [0, 0.1) is 11.7 Å². The van der Waals surface area contributed by atoms with E-state index in [9.17, 15) is 12.8 Å². The maximum absolute atomic E-state index is 13.8. The monoisotopic (exact) mass is 357 g/mol. The summed E-state index contributed by atoms with van der Waals surface area (Å²) in [6.45, 7) is 8.10. The fourth-order valence-corrected chi connectivity index (χ4v) is 3.30. The van der Waals surface area contributed by atoms with Crippen LogP contribution in [-0.4, -0.2) is 20.8 Å². The van der Waals surface area contributed by atoms with Crippen LogP contribution >= 0.6 is 0 Å². The lowest BCUT2D eigenvalue weighted by Gasteiger charge is -2.16. The van der Waals surface area contributed by atoms with Gasteiger partial charge in [-0.05, 0) is 43.4 Å². The molecular formula is C18H28FNO3S. The summed E-state index contributed by atoms with van der Waals surface area (Å²) in [5.41, 5.74) is 0.669. The fraction of sp³-hybridized carbons (Fsp3) is 0.556. The molecule has 0 aliphatic heterocycles. The van der Waals surface area contributed by atoms with Crippen LogP contribution in [-0.2, 0) is 10.0 Å². The van der Waals surface area contributed by atoms with Crippen molar-refractivity contribution in [3.8, 4) is 5.75 Å². The first kappa shape index (κ1) is 20.6. The van der Waals surface area contributed by atoms with Crippen molar-refractivity contribution in [3.63, 3.8) is 0 Å². The summed E-state index contributed by atoms with van der Waals surface area (Å²) in [4.78, 5) is 0. The van der Waals surface area contributed by atoms with E-state index in [0.29, 0.717) is 18.6 Å². The first-order valence-electron chi connectivity index (χ1n) is 8.32. The summed E-state index contributed by atoms with van der Waals surface area (Å²) in [5, 5.41) is 0. The van der Waals surface area contributed by atoms with Gasteiger partial charge in [-0.2, -0.15) is 0 Å². The normalized spacial score (nSPS) is 13.6. The summed E-state index contributed by atoms with van der Waals surface area (Å²) in [6, 6.07) is 3.98. The molecule has 4 nitrogen and oxygen atoms in total. The predicted molar refractivity (Wildman–Crippen MR) is 96.1 cm³/mol. The minimum atomic E-state index is -3.39. The molecule has 0 fully saturated rings. The van der Waals surface area contributed by atoms with Gasteiger partial charge in [0, 0.05) is 6.04 Å². The number of rotatable bonds is 10. The number of ether oxygens (including phenoxy) is 1. The van der Waals surface area contributed by atoms with Crippen molar-refractivity contribution in [2.24, 2.45) is 5.92 Å². The maximum atomic E-state index is 13.8. The number of allylic oxidation sites excluding steroid dienone is 2. The number of benzene rings is 1. The summed E-state index contributed by atoms with van der Waals surface area (Å²) >= 11 is 0. The van der Waals surface area contributed by atoms with Crippen LogP contribution in [0.25, 0.3) is 0 Å². The van der Waals surface area contributed by atoms with Crippen molar-refractivity contribution in [2.75, 3.05) is 12.4 Å². The molecule has 0 amide bonds. The SMILES string of the molecule is CC/C=C/CCS(=O)(=O)N[C@H](C)c1ccc(F)c(OCC(C)C)c1. The standard InChI is InChI=1S/C18H28FNO3S/c1-5-6-7-8-11-24(21,22)20-15(4)16-9-10-17(19)18(12-16)23-13-14(2)3/h6-7,9-10,12,14-15,20H,5,8,11,13H2,1-4H3/b7-6+/t15-/m1/s1. The molecule has 0 aliphatic rings. The van der Waals surface area contributed by atoms with Crippen molar-refractivity contribution in [3.05, 3.63) is 41.7 Å². The molecule has 0 aliphatic carbocycles. The fourth-order valence-electron chi connectivity index (χ4n) is 2.06. The molecule has 24 heavy (non-hydrogen) atoms. The van der Waals surface area contributed by atoms with E-state index in [4.69, 9.17) is 4.74 Å². The third kappa shape index (κ3) is 7.45. The lowest BCUT2D eigenvalue weighted by molar-refractivity contribution is 0.259. The highest BCUT2D eigenvalue weighted by Crippen LogP contribution is 2.24. The van der Waals surface area contributed by atoms with Crippen LogP contribution in [0.5, 0.6) is 5.75 Å². The zero-order valence-corrected chi connectivity index (χ0v) is 15.7. The van der Waals surface area contributed by atoms with Crippen LogP contribution in [0.4, 0.5) is 4.39 Å². The number of halogens is 1. The van der Waals surface area contributed by atoms with Gasteiger partial charge in [-0.15, -0.1) is 0 Å². The first-order chi connectivity index (χ1) is 11.2. The Labute approximate surface area is 145 Å². The van der Waals surface area contributed by atoms with E-state index in [-0.39, 0.29) is 17.4 Å². The molecule has 0 heterocycles. The topological polar surface area (TPSA) is 55.4 Å². The zero-order valence-electron chi connectivity index (χ0n) is 14.9. The summed E-state index contributed by atoms with van der Waals surface area (Å²) < 4.78 is 46.0. The van der Waals surface area contributed by atoms with E-state index in [1.165, 1.54) is 6.07 Å². The third-order valence-electron chi connectivity index (χ3n) is 3.34. The van der Waals surface area contributed by atoms with Crippen molar-refractivity contribution in [1.82, 2.24) is 4.72 Å². The minimum Gasteiger partial charge on any atom is -0.490 e. The molecule has 0 radical (unpaired) electrons. The molecule has 1 aromatic rings. The Morgan fingerprint density at radius 3 is 2.58 bits per heavy atom. The minimum absolute atomic E-state index is 0.0335. The second-order valence-electron chi connectivity index (χ2n) is 6.22. The van der Waals surface area contributed by atoms with Crippen LogP contribution in [0.2, 0.25) is 0 Å². The summed E-state index contributed by atoms with van der Waals surface area (Å²) in [7, 11) is -3.39. The molecule has 0 bridgehead atoms. The van der Waals surface area contributed by atoms with Gasteiger partial charge in [0.1, 0.15) is 0 Å². The van der Waals surface area contributed by atoms with Gasteiger partial charge in [-0.3, -0.25) is 0 Å². The molecule has 0 spiro atoms. The van der Waals surface area contributed by atoms with E-state index in [1.54, 1.807) is 19.1 Å². The number of sulfonamides is 1. The Morgan fingerprint density at radius 1 is 1.25 bits per heavy atom. The zero-order chi connectivity index (χ0) is 18.2. The van der Waals surface area contributed by atoms with Crippen molar-refractivity contribution >= 4 is 10.0 Å². The molecule has 6 heteroatoms. The summed E-state index contributed by atoms with van der Waals surface area (Å²) in [5.74, 6) is 0.0172. The van der Waals surface area contributed by atoms with Gasteiger partial charge in [0.05, 0.1) is 12.4 Å². The van der Waals surface area contributed by atoms with Crippen LogP contribution in [0.15, 0.2) is 30.4 Å². The molecule has 1 N–H and O–H groups in total. The third-order valence-corrected chi connectivity index (χ3v) is 4.83. The molecule has 0 saturated carbocycles. The molecule has 1 atom stereocenters. The Morgan fingerprint density at radius 2 is 1.96 bits per heavy atom. The number of hydrogen-bond acceptors (Lipinski definition) is 3. The van der Waals surface area contributed by atoms with E-state index in [1.807, 2.05) is 32.9 Å². The van der Waals surface area contributed by atoms with Gasteiger partial charge < -0.3 is 4.74 Å². The van der Waals surface area contributed by atoms with Crippen molar-refractivity contribution in [1.29, 1.82) is 0 Å². The Bertz CT molecular complexity index is 642. The highest BCUT2D eigenvalue weighted by Gasteiger charge is 2.17. The maximum Gasteiger partial charge on any atom is 0.212 e. The van der Waals surface area contributed by atoms with Crippen molar-refractivity contribution < 1.29 is 17.5 Å². The highest BCUT2D eigenvalue weighted by atomic mass is 32.2. The smallest absolute Gasteiger partial charge is 0.212 e. The summed E-state index contributed by atoms with van der Waals surface area (Å²) in [6.07, 6.45) is 5.16. The lowest BCUT2D eigenvalue weighted by atomic mass is 10.1. The van der Waals surface area contributed by atoms with Crippen LogP contribution in [0.1, 0.15) is 52.1 Å². The molecule has 0 saturated heterocycles. The molecule has 1 rings (SSSR count). The molecule has 0 unspecified atom stereocenters. The van der Waals surface area contributed by atoms with Gasteiger partial charge in [-0.25, -0.2) is 17.5 Å². The first-order valence-corrected chi connectivity index (χ1v) is 9.97. The van der Waals surface area contributed by atoms with Crippen LogP contribution in [0.3, 0.4) is 0 Å². The average molecular weight is 357 g/mol. The molecular weight excluding hydrogens is 329 g/mol. The molecule has 1 aromatic carbocycles. The Balaban J connectivity index is 2.74. The predicted octanol–water partition coefficient (Wildman–Crippen LogP) is 4.20. The second kappa shape index (κ2) is 9.79. The molecule has 0 aromatic heterocycles. The van der Waals surface area contributed by atoms with E-state index in [2.05, 4.69) is 4.72 Å². The second-order valence-corrected chi connectivity index (χ2v) is 8.09. The highest BCUT2D eigenvalue weighted by molar-refractivity contribution is 7.89. The Hall–Kier alpha value is -1.40. The van der Waals surface area contributed by atoms with E-state index < -0.39 is 21.9 Å². The average Bonchev–Trinajstić information content (AvgIpc) is 2.50. The molecule has 136 valence electrons.